The molecule has 2 fully saturated rings. The van der Waals surface area contributed by atoms with Crippen molar-refractivity contribution >= 4 is 23.5 Å². The van der Waals surface area contributed by atoms with Crippen LogP contribution in [0.1, 0.15) is 29.6 Å². The Bertz CT molecular complexity index is 700. The fourth-order valence-electron chi connectivity index (χ4n) is 3.26. The number of nitrogens with zero attached hydrogens (tertiary/aromatic N) is 1. The zero-order valence-electron chi connectivity index (χ0n) is 14.8. The maximum atomic E-state index is 12.5. The first-order valence-electron chi connectivity index (χ1n) is 8.87. The van der Waals surface area contributed by atoms with E-state index in [4.69, 9.17) is 4.74 Å². The Labute approximate surface area is 152 Å². The molecule has 0 spiro atoms. The average Bonchev–Trinajstić information content (AvgIpc) is 2.66. The maximum Gasteiger partial charge on any atom is 0.328 e. The minimum absolute atomic E-state index is 0.180. The summed E-state index contributed by atoms with van der Waals surface area (Å²) in [7, 11) is 1.50. The van der Waals surface area contributed by atoms with Crippen molar-refractivity contribution in [2.75, 3.05) is 38.2 Å². The number of hydrogen-bond donors (Lipinski definition) is 3. The first-order chi connectivity index (χ1) is 12.6. The van der Waals surface area contributed by atoms with Crippen molar-refractivity contribution in [3.8, 4) is 5.75 Å². The quantitative estimate of drug-likeness (QED) is 0.724. The molecule has 140 valence electrons. The Morgan fingerprint density at radius 2 is 2.08 bits per heavy atom. The first kappa shape index (κ1) is 18.2. The van der Waals surface area contributed by atoms with Crippen LogP contribution in [0.15, 0.2) is 18.2 Å². The van der Waals surface area contributed by atoms with E-state index in [1.165, 1.54) is 12.0 Å². The fourth-order valence-corrected chi connectivity index (χ4v) is 3.26. The molecule has 26 heavy (non-hydrogen) atoms. The molecular formula is C18H24N4O4. The van der Waals surface area contributed by atoms with Gasteiger partial charge in [-0.25, -0.2) is 4.79 Å². The second-order valence-electron chi connectivity index (χ2n) is 6.54. The van der Waals surface area contributed by atoms with Crippen molar-refractivity contribution in [2.45, 2.75) is 19.3 Å². The summed E-state index contributed by atoms with van der Waals surface area (Å²) >= 11 is 0. The number of imide groups is 1. The SMILES string of the molecule is COc1ccc(C(=O)NCC2CCNCC2)cc1N1CCC(=O)NC1=O. The van der Waals surface area contributed by atoms with E-state index in [0.717, 1.165) is 25.9 Å². The first-order valence-corrected chi connectivity index (χ1v) is 8.87. The van der Waals surface area contributed by atoms with Crippen LogP contribution < -0.4 is 25.6 Å². The van der Waals surface area contributed by atoms with E-state index in [-0.39, 0.29) is 24.8 Å². The van der Waals surface area contributed by atoms with Crippen LogP contribution in [-0.4, -0.2) is 51.1 Å². The number of amides is 4. The molecule has 0 radical (unpaired) electrons. The highest BCUT2D eigenvalue weighted by atomic mass is 16.5. The normalized spacial score (nSPS) is 18.4. The summed E-state index contributed by atoms with van der Waals surface area (Å²) in [6.45, 7) is 2.85. The van der Waals surface area contributed by atoms with Crippen molar-refractivity contribution in [3.63, 3.8) is 0 Å². The molecule has 0 aromatic heterocycles. The van der Waals surface area contributed by atoms with Gasteiger partial charge in [-0.1, -0.05) is 0 Å². The Balaban J connectivity index is 1.72. The molecule has 4 amide bonds. The van der Waals surface area contributed by atoms with Gasteiger partial charge >= 0.3 is 6.03 Å². The third kappa shape index (κ3) is 4.13. The van der Waals surface area contributed by atoms with Gasteiger partial charge in [0, 0.05) is 25.1 Å². The lowest BCUT2D eigenvalue weighted by atomic mass is 9.98. The number of benzene rings is 1. The standard InChI is InChI=1S/C18H24N4O4/c1-26-15-3-2-13(17(24)20-11-12-4-7-19-8-5-12)10-14(15)22-9-6-16(23)21-18(22)25/h2-3,10,12,19H,4-9,11H2,1H3,(H,20,24)(H,21,23,25). The number of piperidine rings is 1. The number of urea groups is 1. The molecule has 0 atom stereocenters. The molecule has 0 aliphatic carbocycles. The lowest BCUT2D eigenvalue weighted by molar-refractivity contribution is -0.120. The molecule has 3 N–H and O–H groups in total. The predicted octanol–water partition coefficient (Wildman–Crippen LogP) is 0.871. The number of anilines is 1. The molecular weight excluding hydrogens is 336 g/mol. The van der Waals surface area contributed by atoms with Gasteiger partial charge in [0.1, 0.15) is 5.75 Å². The van der Waals surface area contributed by atoms with E-state index in [2.05, 4.69) is 16.0 Å². The fraction of sp³-hybridized carbons (Fsp3) is 0.500. The minimum atomic E-state index is -0.508. The van der Waals surface area contributed by atoms with Crippen LogP contribution in [0.2, 0.25) is 0 Å². The van der Waals surface area contributed by atoms with Crippen molar-refractivity contribution in [1.29, 1.82) is 0 Å². The van der Waals surface area contributed by atoms with Gasteiger partial charge in [-0.3, -0.25) is 19.8 Å². The van der Waals surface area contributed by atoms with E-state index >= 15 is 0 Å². The molecule has 2 heterocycles. The van der Waals surface area contributed by atoms with Crippen LogP contribution >= 0.6 is 0 Å². The lowest BCUT2D eigenvalue weighted by Crippen LogP contribution is -2.49. The van der Waals surface area contributed by atoms with Gasteiger partial charge in [-0.05, 0) is 50.0 Å². The summed E-state index contributed by atoms with van der Waals surface area (Å²) in [4.78, 5) is 37.4. The molecule has 0 unspecified atom stereocenters. The van der Waals surface area contributed by atoms with E-state index < -0.39 is 6.03 Å². The molecule has 2 aliphatic heterocycles. The average molecular weight is 360 g/mol. The molecule has 2 aliphatic rings. The minimum Gasteiger partial charge on any atom is -0.495 e. The van der Waals surface area contributed by atoms with E-state index in [9.17, 15) is 14.4 Å². The van der Waals surface area contributed by atoms with Crippen LogP contribution in [0.3, 0.4) is 0 Å². The van der Waals surface area contributed by atoms with Gasteiger partial charge < -0.3 is 15.4 Å². The number of hydrogen-bond acceptors (Lipinski definition) is 5. The van der Waals surface area contributed by atoms with Crippen LogP contribution in [0.5, 0.6) is 5.75 Å². The number of carbonyl (C=O) groups is 3. The van der Waals surface area contributed by atoms with Crippen LogP contribution in [0.4, 0.5) is 10.5 Å². The van der Waals surface area contributed by atoms with Gasteiger partial charge in [0.15, 0.2) is 0 Å². The molecule has 8 nitrogen and oxygen atoms in total. The monoisotopic (exact) mass is 360 g/mol. The van der Waals surface area contributed by atoms with Crippen molar-refractivity contribution < 1.29 is 19.1 Å². The van der Waals surface area contributed by atoms with Gasteiger partial charge in [0.25, 0.3) is 5.91 Å². The number of methoxy groups -OCH3 is 1. The van der Waals surface area contributed by atoms with Crippen molar-refractivity contribution in [3.05, 3.63) is 23.8 Å². The summed E-state index contributed by atoms with van der Waals surface area (Å²) in [5.41, 5.74) is 0.937. The van der Waals surface area contributed by atoms with Gasteiger partial charge in [-0.2, -0.15) is 0 Å². The molecule has 0 saturated carbocycles. The predicted molar refractivity (Wildman–Crippen MR) is 96.4 cm³/mol. The Morgan fingerprint density at radius 1 is 1.31 bits per heavy atom. The van der Waals surface area contributed by atoms with Crippen LogP contribution in [0.25, 0.3) is 0 Å². The van der Waals surface area contributed by atoms with E-state index in [1.54, 1.807) is 18.2 Å². The highest BCUT2D eigenvalue weighted by Crippen LogP contribution is 2.30. The summed E-state index contributed by atoms with van der Waals surface area (Å²) in [6, 6.07) is 4.46. The van der Waals surface area contributed by atoms with Crippen LogP contribution in [0, 0.1) is 5.92 Å². The zero-order valence-corrected chi connectivity index (χ0v) is 14.8. The molecule has 0 bridgehead atoms. The Morgan fingerprint density at radius 3 is 2.77 bits per heavy atom. The zero-order chi connectivity index (χ0) is 18.5. The molecule has 2 saturated heterocycles. The smallest absolute Gasteiger partial charge is 0.328 e. The van der Waals surface area contributed by atoms with E-state index in [1.807, 2.05) is 0 Å². The highest BCUT2D eigenvalue weighted by molar-refractivity contribution is 6.07. The number of rotatable bonds is 5. The van der Waals surface area contributed by atoms with Crippen molar-refractivity contribution in [1.82, 2.24) is 16.0 Å². The second-order valence-corrected chi connectivity index (χ2v) is 6.54. The van der Waals surface area contributed by atoms with Gasteiger partial charge in [0.2, 0.25) is 5.91 Å². The molecule has 3 rings (SSSR count). The van der Waals surface area contributed by atoms with Gasteiger partial charge in [0.05, 0.1) is 12.8 Å². The third-order valence-corrected chi connectivity index (χ3v) is 4.80. The highest BCUT2D eigenvalue weighted by Gasteiger charge is 2.27. The summed E-state index contributed by atoms with van der Waals surface area (Å²) in [5, 5.41) is 8.56. The largest absolute Gasteiger partial charge is 0.495 e. The number of carbonyl (C=O) groups excluding carboxylic acids is 3. The second kappa shape index (κ2) is 8.18. The molecule has 1 aromatic carbocycles. The Kier molecular flexibility index (Phi) is 5.72. The lowest BCUT2D eigenvalue weighted by Gasteiger charge is -2.28. The molecule has 8 heteroatoms. The summed E-state index contributed by atoms with van der Waals surface area (Å²) < 4.78 is 5.32. The van der Waals surface area contributed by atoms with Gasteiger partial charge in [-0.15, -0.1) is 0 Å². The van der Waals surface area contributed by atoms with Crippen molar-refractivity contribution in [2.24, 2.45) is 5.92 Å². The topological polar surface area (TPSA) is 99.8 Å². The van der Waals surface area contributed by atoms with E-state index in [0.29, 0.717) is 29.5 Å². The summed E-state index contributed by atoms with van der Waals surface area (Å²) in [5.74, 6) is 0.475. The summed E-state index contributed by atoms with van der Waals surface area (Å²) in [6.07, 6.45) is 2.31. The maximum absolute atomic E-state index is 12.5. The molecule has 1 aromatic rings. The third-order valence-electron chi connectivity index (χ3n) is 4.80. The van der Waals surface area contributed by atoms with Crippen LogP contribution in [-0.2, 0) is 4.79 Å². The number of nitrogens with one attached hydrogen (secondary N) is 3. The number of ether oxygens (including phenoxy) is 1. The Hall–Kier alpha value is -2.61.